The molecule has 184 valence electrons. The van der Waals surface area contributed by atoms with E-state index >= 15 is 0 Å². The van der Waals surface area contributed by atoms with Gasteiger partial charge in [-0.25, -0.2) is 4.79 Å². The fourth-order valence-electron chi connectivity index (χ4n) is 4.48. The van der Waals surface area contributed by atoms with Crippen LogP contribution in [0.4, 0.5) is 5.69 Å². The fraction of sp³-hybridized carbons (Fsp3) is 0.357. The summed E-state index contributed by atoms with van der Waals surface area (Å²) in [5.41, 5.74) is 10.4. The number of nitrogens with two attached hydrogens (primary N) is 1. The molecule has 0 spiro atoms. The van der Waals surface area contributed by atoms with Crippen LogP contribution in [0.15, 0.2) is 60.9 Å². The van der Waals surface area contributed by atoms with Gasteiger partial charge in [0.25, 0.3) is 0 Å². The number of carbonyl (C=O) groups is 1. The SMILES string of the molecule is Nc1ccncc1[C@@H](O)CNCCc1ccc(-c2ccc(C(=O)O)c(OC3CCCCC3)c2)cc1. The number of ether oxygens (including phenoxy) is 1. The second kappa shape index (κ2) is 11.8. The Labute approximate surface area is 206 Å². The number of benzene rings is 2. The molecule has 1 fully saturated rings. The number of aromatic carboxylic acids is 1. The van der Waals surface area contributed by atoms with E-state index in [1.54, 1.807) is 24.5 Å². The molecular weight excluding hydrogens is 442 g/mol. The summed E-state index contributed by atoms with van der Waals surface area (Å²) in [6, 6.07) is 15.2. The number of aromatic nitrogens is 1. The number of nitrogens with zero attached hydrogens (tertiary/aromatic N) is 1. The Morgan fingerprint density at radius 3 is 2.54 bits per heavy atom. The second-order valence-corrected chi connectivity index (χ2v) is 9.07. The molecule has 35 heavy (non-hydrogen) atoms. The zero-order valence-corrected chi connectivity index (χ0v) is 19.8. The summed E-state index contributed by atoms with van der Waals surface area (Å²) >= 11 is 0. The fourth-order valence-corrected chi connectivity index (χ4v) is 4.48. The molecule has 3 aromatic rings. The van der Waals surface area contributed by atoms with Gasteiger partial charge in [0.2, 0.25) is 0 Å². The maximum Gasteiger partial charge on any atom is 0.339 e. The third-order valence-electron chi connectivity index (χ3n) is 6.52. The van der Waals surface area contributed by atoms with E-state index in [1.807, 2.05) is 24.3 Å². The zero-order chi connectivity index (χ0) is 24.6. The Morgan fingerprint density at radius 2 is 1.83 bits per heavy atom. The van der Waals surface area contributed by atoms with E-state index < -0.39 is 12.1 Å². The van der Waals surface area contributed by atoms with Crippen LogP contribution in [0.25, 0.3) is 11.1 Å². The molecule has 1 atom stereocenters. The van der Waals surface area contributed by atoms with E-state index in [0.29, 0.717) is 30.1 Å². The van der Waals surface area contributed by atoms with Crippen LogP contribution in [0, 0.1) is 0 Å². The van der Waals surface area contributed by atoms with Crippen molar-refractivity contribution in [2.75, 3.05) is 18.8 Å². The molecule has 1 aromatic heterocycles. The number of nitrogen functional groups attached to an aromatic ring is 1. The smallest absolute Gasteiger partial charge is 0.339 e. The topological polar surface area (TPSA) is 118 Å². The first-order chi connectivity index (χ1) is 17.0. The van der Waals surface area contributed by atoms with Crippen molar-refractivity contribution >= 4 is 11.7 Å². The van der Waals surface area contributed by atoms with Crippen LogP contribution < -0.4 is 15.8 Å². The van der Waals surface area contributed by atoms with E-state index in [4.69, 9.17) is 10.5 Å². The highest BCUT2D eigenvalue weighted by atomic mass is 16.5. The van der Waals surface area contributed by atoms with Gasteiger partial charge in [0.15, 0.2) is 0 Å². The van der Waals surface area contributed by atoms with Crippen molar-refractivity contribution in [3.63, 3.8) is 0 Å². The van der Waals surface area contributed by atoms with Gasteiger partial charge in [0, 0.05) is 30.2 Å². The lowest BCUT2D eigenvalue weighted by atomic mass is 9.97. The van der Waals surface area contributed by atoms with Crippen LogP contribution in [-0.4, -0.2) is 40.4 Å². The van der Waals surface area contributed by atoms with Gasteiger partial charge < -0.3 is 26.0 Å². The number of rotatable bonds is 10. The van der Waals surface area contributed by atoms with E-state index in [2.05, 4.69) is 22.4 Å². The Morgan fingerprint density at radius 1 is 1.09 bits per heavy atom. The van der Waals surface area contributed by atoms with Crippen LogP contribution in [0.3, 0.4) is 0 Å². The van der Waals surface area contributed by atoms with Gasteiger partial charge in [-0.15, -0.1) is 0 Å². The van der Waals surface area contributed by atoms with Gasteiger partial charge in [-0.1, -0.05) is 36.8 Å². The van der Waals surface area contributed by atoms with Gasteiger partial charge in [0.05, 0.1) is 12.2 Å². The average Bonchev–Trinajstić information content (AvgIpc) is 2.87. The Balaban J connectivity index is 1.35. The van der Waals surface area contributed by atoms with Crippen LogP contribution in [0.2, 0.25) is 0 Å². The summed E-state index contributed by atoms with van der Waals surface area (Å²) in [5.74, 6) is -0.524. The van der Waals surface area contributed by atoms with Gasteiger partial charge in [0.1, 0.15) is 11.3 Å². The highest BCUT2D eigenvalue weighted by molar-refractivity contribution is 5.92. The first-order valence-electron chi connectivity index (χ1n) is 12.2. The highest BCUT2D eigenvalue weighted by Crippen LogP contribution is 2.31. The molecule has 1 aliphatic carbocycles. The molecule has 1 heterocycles. The largest absolute Gasteiger partial charge is 0.490 e. The maximum atomic E-state index is 11.7. The van der Waals surface area contributed by atoms with Gasteiger partial charge in [-0.05, 0) is 73.5 Å². The number of anilines is 1. The molecule has 0 aliphatic heterocycles. The zero-order valence-electron chi connectivity index (χ0n) is 19.8. The van der Waals surface area contributed by atoms with Crippen molar-refractivity contribution in [1.29, 1.82) is 0 Å². The van der Waals surface area contributed by atoms with E-state index in [-0.39, 0.29) is 11.7 Å². The molecule has 7 nitrogen and oxygen atoms in total. The van der Waals surface area contributed by atoms with E-state index in [9.17, 15) is 15.0 Å². The number of pyridine rings is 1. The molecule has 0 bridgehead atoms. The van der Waals surface area contributed by atoms with E-state index in [1.165, 1.54) is 6.42 Å². The first-order valence-corrected chi connectivity index (χ1v) is 12.2. The first kappa shape index (κ1) is 24.7. The molecule has 2 aromatic carbocycles. The summed E-state index contributed by atoms with van der Waals surface area (Å²) < 4.78 is 6.14. The summed E-state index contributed by atoms with van der Waals surface area (Å²) in [7, 11) is 0. The van der Waals surface area contributed by atoms with Gasteiger partial charge in [-0.2, -0.15) is 0 Å². The van der Waals surface area contributed by atoms with Crippen LogP contribution >= 0.6 is 0 Å². The number of carboxylic acid groups (broad SMARTS) is 1. The Bertz CT molecular complexity index is 1130. The molecule has 0 unspecified atom stereocenters. The molecule has 5 N–H and O–H groups in total. The van der Waals surface area contributed by atoms with Crippen LogP contribution in [0.5, 0.6) is 5.75 Å². The van der Waals surface area contributed by atoms with Crippen molar-refractivity contribution < 1.29 is 19.7 Å². The lowest BCUT2D eigenvalue weighted by molar-refractivity contribution is 0.0686. The number of carboxylic acids is 1. The van der Waals surface area contributed by atoms with Crippen molar-refractivity contribution in [1.82, 2.24) is 10.3 Å². The van der Waals surface area contributed by atoms with Crippen molar-refractivity contribution in [3.8, 4) is 16.9 Å². The van der Waals surface area contributed by atoms with Crippen LogP contribution in [-0.2, 0) is 6.42 Å². The standard InChI is InChI=1S/C28H33N3O4/c29-25-13-15-30-17-24(25)26(32)18-31-14-12-19-6-8-20(9-7-19)21-10-11-23(28(33)34)27(16-21)35-22-4-2-1-3-5-22/h6-11,13,15-17,22,26,31-32H,1-5,12,14,18H2,(H2,29,30)(H,33,34)/t26-/m0/s1. The predicted molar refractivity (Wildman–Crippen MR) is 137 cm³/mol. The summed E-state index contributed by atoms with van der Waals surface area (Å²) in [4.78, 5) is 15.7. The third-order valence-corrected chi connectivity index (χ3v) is 6.52. The molecule has 1 saturated carbocycles. The quantitative estimate of drug-likeness (QED) is 0.316. The number of hydrogen-bond donors (Lipinski definition) is 4. The van der Waals surface area contributed by atoms with Crippen molar-refractivity contribution in [2.45, 2.75) is 50.7 Å². The highest BCUT2D eigenvalue weighted by Gasteiger charge is 2.19. The lowest BCUT2D eigenvalue weighted by Gasteiger charge is -2.24. The monoisotopic (exact) mass is 475 g/mol. The minimum absolute atomic E-state index is 0.0834. The maximum absolute atomic E-state index is 11.7. The summed E-state index contributed by atoms with van der Waals surface area (Å²) in [6.07, 6.45) is 8.79. The molecule has 0 saturated heterocycles. The molecule has 0 amide bonds. The number of nitrogens with one attached hydrogen (secondary N) is 1. The van der Waals surface area contributed by atoms with Crippen LogP contribution in [0.1, 0.15) is 59.7 Å². The molecule has 7 heteroatoms. The second-order valence-electron chi connectivity index (χ2n) is 9.07. The minimum atomic E-state index is -0.971. The Kier molecular flexibility index (Phi) is 8.34. The lowest BCUT2D eigenvalue weighted by Crippen LogP contribution is -2.24. The average molecular weight is 476 g/mol. The number of aliphatic hydroxyl groups is 1. The van der Waals surface area contributed by atoms with E-state index in [0.717, 1.165) is 48.8 Å². The van der Waals surface area contributed by atoms with Gasteiger partial charge in [-0.3, -0.25) is 4.98 Å². The molecule has 0 radical (unpaired) electrons. The number of hydrogen-bond acceptors (Lipinski definition) is 6. The minimum Gasteiger partial charge on any atom is -0.490 e. The third kappa shape index (κ3) is 6.59. The molecule has 4 rings (SSSR count). The van der Waals surface area contributed by atoms with Gasteiger partial charge >= 0.3 is 5.97 Å². The predicted octanol–water partition coefficient (Wildman–Crippen LogP) is 4.61. The molecule has 1 aliphatic rings. The normalized spacial score (nSPS) is 15.0. The van der Waals surface area contributed by atoms with Crippen molar-refractivity contribution in [3.05, 3.63) is 77.6 Å². The number of aliphatic hydroxyl groups excluding tert-OH is 1. The van der Waals surface area contributed by atoms with Crippen molar-refractivity contribution in [2.24, 2.45) is 0 Å². The summed E-state index contributed by atoms with van der Waals surface area (Å²) in [6.45, 7) is 1.11. The molecular formula is C28H33N3O4. The summed E-state index contributed by atoms with van der Waals surface area (Å²) in [5, 5.41) is 23.2. The Hall–Kier alpha value is -3.42.